The molecule has 5 rings (SSSR count). The van der Waals surface area contributed by atoms with E-state index in [1.165, 1.54) is 5.56 Å². The number of amides is 2. The second-order valence-corrected chi connectivity index (χ2v) is 11.2. The Morgan fingerprint density at radius 1 is 1.00 bits per heavy atom. The van der Waals surface area contributed by atoms with Crippen molar-refractivity contribution in [2.24, 2.45) is 5.92 Å². The second-order valence-electron chi connectivity index (χ2n) is 9.08. The molecule has 1 aliphatic heterocycles. The van der Waals surface area contributed by atoms with Crippen LogP contribution in [0, 0.1) is 5.92 Å². The lowest BCUT2D eigenvalue weighted by Gasteiger charge is -2.26. The van der Waals surface area contributed by atoms with Gasteiger partial charge in [-0.2, -0.15) is 0 Å². The zero-order chi connectivity index (χ0) is 22.3. The molecule has 2 amide bonds. The lowest BCUT2D eigenvalue weighted by molar-refractivity contribution is -0.121. The Kier molecular flexibility index (Phi) is 5.53. The maximum Gasteiger partial charge on any atom is 0.230 e. The molecular weight excluding hydrogens is 424 g/mol. The van der Waals surface area contributed by atoms with E-state index in [1.807, 2.05) is 18.2 Å². The minimum absolute atomic E-state index is 0.0508. The fraction of sp³-hybridized carbons (Fsp3) is 0.440. The largest absolute Gasteiger partial charge is 0.349 e. The van der Waals surface area contributed by atoms with Crippen LogP contribution >= 0.6 is 0 Å². The van der Waals surface area contributed by atoms with E-state index < -0.39 is 9.84 Å². The fourth-order valence-electron chi connectivity index (χ4n) is 4.87. The quantitative estimate of drug-likeness (QED) is 0.729. The molecule has 0 bridgehead atoms. The number of carbonyl (C=O) groups is 2. The van der Waals surface area contributed by atoms with E-state index in [0.29, 0.717) is 13.0 Å². The number of fused-ring (bicyclic) bond motifs is 2. The molecule has 1 heterocycles. The van der Waals surface area contributed by atoms with Crippen LogP contribution in [-0.4, -0.2) is 32.5 Å². The standard InChI is InChI=1S/C25H28N2O4S/c28-24(26-22-7-3-5-17-4-1-2-6-21(17)22)13-15-32(30,31)20-10-11-23-19(16-20)12-14-27(23)25(29)18-8-9-18/h1-2,4,6,10-11,16,18,22H,3,5,7-9,12-15H2,(H,26,28)/t22-/m0/s1. The maximum atomic E-state index is 12.9. The van der Waals surface area contributed by atoms with E-state index in [2.05, 4.69) is 11.4 Å². The number of hydrogen-bond acceptors (Lipinski definition) is 4. The van der Waals surface area contributed by atoms with Gasteiger partial charge in [0.15, 0.2) is 9.84 Å². The van der Waals surface area contributed by atoms with E-state index in [9.17, 15) is 18.0 Å². The average Bonchev–Trinajstić information content (AvgIpc) is 3.56. The van der Waals surface area contributed by atoms with E-state index in [4.69, 9.17) is 0 Å². The molecular formula is C25H28N2O4S. The number of aryl methyl sites for hydroxylation is 1. The van der Waals surface area contributed by atoms with Crippen LogP contribution in [0.4, 0.5) is 5.69 Å². The van der Waals surface area contributed by atoms with E-state index in [1.54, 1.807) is 23.1 Å². The molecule has 3 aliphatic rings. The first kappa shape index (κ1) is 21.2. The predicted octanol–water partition coefficient (Wildman–Crippen LogP) is 3.34. The molecule has 0 saturated heterocycles. The van der Waals surface area contributed by atoms with Crippen LogP contribution in [0.3, 0.4) is 0 Å². The van der Waals surface area contributed by atoms with Crippen molar-refractivity contribution >= 4 is 27.3 Å². The molecule has 6 nitrogen and oxygen atoms in total. The van der Waals surface area contributed by atoms with Crippen molar-refractivity contribution < 1.29 is 18.0 Å². The van der Waals surface area contributed by atoms with Gasteiger partial charge < -0.3 is 10.2 Å². The molecule has 1 N–H and O–H groups in total. The smallest absolute Gasteiger partial charge is 0.230 e. The summed E-state index contributed by atoms with van der Waals surface area (Å²) in [5.74, 6) is -0.173. The van der Waals surface area contributed by atoms with Gasteiger partial charge in [0.1, 0.15) is 0 Å². The zero-order valence-electron chi connectivity index (χ0n) is 18.0. The van der Waals surface area contributed by atoms with Crippen LogP contribution in [0.15, 0.2) is 47.4 Å². The Hall–Kier alpha value is -2.67. The SMILES string of the molecule is O=C(CCS(=O)(=O)c1ccc2c(c1)CCN2C(=O)C1CC1)N[C@H]1CCCc2ccccc21. The molecule has 2 aliphatic carbocycles. The summed E-state index contributed by atoms with van der Waals surface area (Å²) in [6.07, 6.45) is 5.39. The molecule has 0 radical (unpaired) electrons. The Balaban J connectivity index is 1.22. The van der Waals surface area contributed by atoms with Gasteiger partial charge in [-0.3, -0.25) is 9.59 Å². The highest BCUT2D eigenvalue weighted by atomic mass is 32.2. The first-order chi connectivity index (χ1) is 15.4. The predicted molar refractivity (Wildman–Crippen MR) is 122 cm³/mol. The van der Waals surface area contributed by atoms with Gasteiger partial charge in [0.05, 0.1) is 16.7 Å². The maximum absolute atomic E-state index is 12.9. The van der Waals surface area contributed by atoms with Crippen LogP contribution < -0.4 is 10.2 Å². The monoisotopic (exact) mass is 452 g/mol. The third kappa shape index (κ3) is 4.18. The molecule has 1 saturated carbocycles. The van der Waals surface area contributed by atoms with Gasteiger partial charge in [-0.15, -0.1) is 0 Å². The highest BCUT2D eigenvalue weighted by Crippen LogP contribution is 2.37. The van der Waals surface area contributed by atoms with Gasteiger partial charge in [-0.25, -0.2) is 8.42 Å². The Morgan fingerprint density at radius 3 is 2.62 bits per heavy atom. The topological polar surface area (TPSA) is 83.6 Å². The van der Waals surface area contributed by atoms with Gasteiger partial charge in [0.25, 0.3) is 0 Å². The van der Waals surface area contributed by atoms with Gasteiger partial charge in [-0.05, 0) is 73.4 Å². The van der Waals surface area contributed by atoms with Gasteiger partial charge in [0.2, 0.25) is 11.8 Å². The highest BCUT2D eigenvalue weighted by Gasteiger charge is 2.36. The van der Waals surface area contributed by atoms with Crippen LogP contribution in [0.2, 0.25) is 0 Å². The molecule has 0 aromatic heterocycles. The molecule has 1 fully saturated rings. The Morgan fingerprint density at radius 2 is 1.81 bits per heavy atom. The van der Waals surface area contributed by atoms with Crippen molar-refractivity contribution in [3.05, 3.63) is 59.2 Å². The first-order valence-corrected chi connectivity index (χ1v) is 13.1. The summed E-state index contributed by atoms with van der Waals surface area (Å²) in [7, 11) is -3.58. The van der Waals surface area contributed by atoms with E-state index >= 15 is 0 Å². The van der Waals surface area contributed by atoms with Crippen LogP contribution in [0.25, 0.3) is 0 Å². The lowest BCUT2D eigenvalue weighted by Crippen LogP contribution is -2.32. The number of nitrogens with zero attached hydrogens (tertiary/aromatic N) is 1. The molecule has 1 atom stereocenters. The van der Waals surface area contributed by atoms with Crippen LogP contribution in [0.1, 0.15) is 54.8 Å². The molecule has 2 aromatic carbocycles. The second kappa shape index (κ2) is 8.35. The molecule has 0 spiro atoms. The number of anilines is 1. The normalized spacial score (nSPS) is 19.9. The molecule has 2 aromatic rings. The van der Waals surface area contributed by atoms with Crippen molar-refractivity contribution in [2.45, 2.75) is 55.9 Å². The summed E-state index contributed by atoms with van der Waals surface area (Å²) >= 11 is 0. The number of rotatable bonds is 6. The van der Waals surface area contributed by atoms with E-state index in [0.717, 1.165) is 48.9 Å². The van der Waals surface area contributed by atoms with E-state index in [-0.39, 0.29) is 40.8 Å². The van der Waals surface area contributed by atoms with Crippen molar-refractivity contribution in [2.75, 3.05) is 17.2 Å². The van der Waals surface area contributed by atoms with Crippen molar-refractivity contribution in [3.63, 3.8) is 0 Å². The summed E-state index contributed by atoms with van der Waals surface area (Å²) in [4.78, 5) is 27.0. The summed E-state index contributed by atoms with van der Waals surface area (Å²) in [6.45, 7) is 0.611. The van der Waals surface area contributed by atoms with Crippen LogP contribution in [-0.2, 0) is 32.3 Å². The van der Waals surface area contributed by atoms with Gasteiger partial charge in [-0.1, -0.05) is 24.3 Å². The lowest BCUT2D eigenvalue weighted by atomic mass is 9.88. The number of carbonyl (C=O) groups excluding carboxylic acids is 2. The summed E-state index contributed by atoms with van der Waals surface area (Å²) in [5, 5.41) is 3.03. The highest BCUT2D eigenvalue weighted by molar-refractivity contribution is 7.91. The molecule has 0 unspecified atom stereocenters. The number of hydrogen-bond donors (Lipinski definition) is 1. The molecule has 7 heteroatoms. The third-order valence-corrected chi connectivity index (χ3v) is 8.51. The number of sulfone groups is 1. The number of nitrogens with one attached hydrogen (secondary N) is 1. The summed E-state index contributed by atoms with van der Waals surface area (Å²) in [5.41, 5.74) is 4.11. The number of benzene rings is 2. The molecule has 32 heavy (non-hydrogen) atoms. The Bertz CT molecular complexity index is 1170. The van der Waals surface area contributed by atoms with Gasteiger partial charge >= 0.3 is 0 Å². The molecule has 168 valence electrons. The minimum Gasteiger partial charge on any atom is -0.349 e. The van der Waals surface area contributed by atoms with Crippen molar-refractivity contribution in [3.8, 4) is 0 Å². The average molecular weight is 453 g/mol. The van der Waals surface area contributed by atoms with Crippen LogP contribution in [0.5, 0.6) is 0 Å². The third-order valence-electron chi connectivity index (χ3n) is 6.80. The fourth-order valence-corrected chi connectivity index (χ4v) is 6.15. The minimum atomic E-state index is -3.58. The Labute approximate surface area is 188 Å². The summed E-state index contributed by atoms with van der Waals surface area (Å²) in [6, 6.07) is 13.1. The van der Waals surface area contributed by atoms with Gasteiger partial charge in [0, 0.05) is 24.6 Å². The summed E-state index contributed by atoms with van der Waals surface area (Å²) < 4.78 is 25.8. The first-order valence-electron chi connectivity index (χ1n) is 11.5. The zero-order valence-corrected chi connectivity index (χ0v) is 18.9. The van der Waals surface area contributed by atoms with Crippen molar-refractivity contribution in [1.29, 1.82) is 0 Å². The van der Waals surface area contributed by atoms with Crippen molar-refractivity contribution in [1.82, 2.24) is 5.32 Å².